The minimum atomic E-state index is -0.730. The summed E-state index contributed by atoms with van der Waals surface area (Å²) in [7, 11) is 1.21. The van der Waals surface area contributed by atoms with Gasteiger partial charge in [0.15, 0.2) is 11.4 Å². The molecule has 2 atom stereocenters. The van der Waals surface area contributed by atoms with Crippen LogP contribution >= 0.6 is 0 Å². The Balaban J connectivity index is 1.08. The number of rotatable bonds is 15. The first kappa shape index (κ1) is 42.7. The van der Waals surface area contributed by atoms with Crippen LogP contribution in [0, 0.1) is 11.8 Å². The molecule has 0 aliphatic carbocycles. The molecule has 2 heterocycles. The molecule has 0 spiro atoms. The van der Waals surface area contributed by atoms with Crippen molar-refractivity contribution >= 4 is 73.4 Å². The van der Waals surface area contributed by atoms with Gasteiger partial charge in [0, 0.05) is 16.9 Å². The molecule has 2 N–H and O–H groups in total. The van der Waals surface area contributed by atoms with Gasteiger partial charge in [0.05, 0.1) is 55.2 Å². The second-order valence-corrected chi connectivity index (χ2v) is 15.7. The van der Waals surface area contributed by atoms with Gasteiger partial charge >= 0.3 is 17.9 Å². The number of hydrogen-bond donors (Lipinski definition) is 2. The maximum Gasteiger partial charge on any atom is 0.360 e. The molecule has 64 heavy (non-hydrogen) atoms. The molecule has 0 aliphatic heterocycles. The average Bonchev–Trinajstić information content (AvgIpc) is 4.03. The molecule has 2 aromatic heterocycles. The van der Waals surface area contributed by atoms with Crippen molar-refractivity contribution in [3.63, 3.8) is 0 Å². The number of esters is 3. The van der Waals surface area contributed by atoms with Crippen molar-refractivity contribution in [2.24, 2.45) is 11.8 Å². The molecule has 8 rings (SSSR count). The van der Waals surface area contributed by atoms with Crippen LogP contribution in [0.5, 0.6) is 0 Å². The van der Waals surface area contributed by atoms with E-state index in [9.17, 15) is 24.0 Å². The van der Waals surface area contributed by atoms with Crippen LogP contribution in [0.15, 0.2) is 103 Å². The first-order valence-electron chi connectivity index (χ1n) is 20.8. The van der Waals surface area contributed by atoms with E-state index < -0.39 is 29.7 Å². The molecule has 0 bridgehead atoms. The predicted molar refractivity (Wildman–Crippen MR) is 240 cm³/mol. The molecule has 0 radical (unpaired) electrons. The Morgan fingerprint density at radius 2 is 1.22 bits per heavy atom. The van der Waals surface area contributed by atoms with Crippen molar-refractivity contribution in [3.8, 4) is 11.4 Å². The molecular weight excluding hydrogens is 817 g/mol. The van der Waals surface area contributed by atoms with E-state index in [1.54, 1.807) is 12.1 Å². The summed E-state index contributed by atoms with van der Waals surface area (Å²) in [4.78, 5) is 66.7. The summed E-state index contributed by atoms with van der Waals surface area (Å²) in [5.74, 6) is -2.78. The third kappa shape index (κ3) is 8.70. The van der Waals surface area contributed by atoms with Crippen LogP contribution in [-0.4, -0.2) is 80.0 Å². The van der Waals surface area contributed by atoms with E-state index in [2.05, 4.69) is 37.3 Å². The number of nitrogens with zero attached hydrogens (tertiary/aromatic N) is 6. The van der Waals surface area contributed by atoms with Crippen molar-refractivity contribution in [2.45, 2.75) is 40.5 Å². The topological polar surface area (TPSA) is 199 Å². The van der Waals surface area contributed by atoms with Gasteiger partial charge in [-0.3, -0.25) is 9.59 Å². The lowest BCUT2D eigenvalue weighted by Crippen LogP contribution is -2.16. The monoisotopic (exact) mass is 860 g/mol. The zero-order valence-electron chi connectivity index (χ0n) is 35.7. The predicted octanol–water partition coefficient (Wildman–Crippen LogP) is 8.44. The Morgan fingerprint density at radius 1 is 0.609 bits per heavy atom. The highest BCUT2D eigenvalue weighted by molar-refractivity contribution is 6.27. The molecule has 8 aromatic rings. The zero-order valence-corrected chi connectivity index (χ0v) is 35.7. The summed E-state index contributed by atoms with van der Waals surface area (Å²) in [6.07, 6.45) is 4.27. The highest BCUT2D eigenvalue weighted by atomic mass is 16.5. The highest BCUT2D eigenvalue weighted by Crippen LogP contribution is 2.36. The molecule has 0 aliphatic rings. The smallest absolute Gasteiger partial charge is 0.360 e. The Bertz CT molecular complexity index is 3070. The minimum Gasteiger partial charge on any atom is -0.464 e. The van der Waals surface area contributed by atoms with Gasteiger partial charge in [-0.1, -0.05) is 99.5 Å². The van der Waals surface area contributed by atoms with Crippen LogP contribution in [0.1, 0.15) is 92.6 Å². The third-order valence-corrected chi connectivity index (χ3v) is 11.2. The summed E-state index contributed by atoms with van der Waals surface area (Å²) < 4.78 is 18.4. The summed E-state index contributed by atoms with van der Waals surface area (Å²) in [6.45, 7) is 8.30. The highest BCUT2D eigenvalue weighted by Gasteiger charge is 2.23. The Morgan fingerprint density at radius 3 is 1.94 bits per heavy atom. The van der Waals surface area contributed by atoms with E-state index in [4.69, 9.17) is 14.2 Å². The van der Waals surface area contributed by atoms with Gasteiger partial charge in [0.2, 0.25) is 0 Å². The van der Waals surface area contributed by atoms with Gasteiger partial charge in [-0.25, -0.2) is 23.7 Å². The molecule has 324 valence electrons. The number of carbonyl (C=O) groups excluding carboxylic acids is 5. The summed E-state index contributed by atoms with van der Waals surface area (Å²) in [5, 5.41) is 27.9. The van der Waals surface area contributed by atoms with Gasteiger partial charge < -0.3 is 24.8 Å². The molecule has 0 fully saturated rings. The second-order valence-electron chi connectivity index (χ2n) is 15.7. The van der Waals surface area contributed by atoms with Crippen LogP contribution in [0.3, 0.4) is 0 Å². The number of anilines is 2. The quantitative estimate of drug-likeness (QED) is 0.0567. The van der Waals surface area contributed by atoms with Crippen molar-refractivity contribution in [2.75, 3.05) is 31.0 Å². The standard InChI is InChI=1S/C48H44N8O8/c1-6-27(3)25-63-46(59)32-19-34(50-44(57)37-17-14-31-12-11-29-9-8-10-30-13-16-36(37)43(31)42(29)30)21-35(20-32)55-23-39(51-53-55)45(58)49-33-15-18-38(47(60)64-26-28(4)7-2)41(22-33)56-24-40(52-54-56)48(61)62-5/h8-24,27-28H,6-7,25-26H2,1-5H3,(H,49,58)(H,50,57). The molecule has 6 aromatic carbocycles. The van der Waals surface area contributed by atoms with Crippen molar-refractivity contribution in [3.05, 3.63) is 131 Å². The van der Waals surface area contributed by atoms with Crippen LogP contribution in [-0.2, 0) is 14.2 Å². The largest absolute Gasteiger partial charge is 0.464 e. The average molecular weight is 861 g/mol. The lowest BCUT2D eigenvalue weighted by Gasteiger charge is -2.15. The Labute approximate surface area is 366 Å². The van der Waals surface area contributed by atoms with Crippen LogP contribution < -0.4 is 10.6 Å². The number of benzene rings is 6. The van der Waals surface area contributed by atoms with Crippen LogP contribution in [0.2, 0.25) is 0 Å². The molecule has 16 nitrogen and oxygen atoms in total. The van der Waals surface area contributed by atoms with Crippen LogP contribution in [0.25, 0.3) is 43.7 Å². The van der Waals surface area contributed by atoms with Gasteiger partial charge in [0.1, 0.15) is 0 Å². The number of aromatic nitrogens is 6. The maximum atomic E-state index is 14.1. The van der Waals surface area contributed by atoms with Crippen molar-refractivity contribution in [1.82, 2.24) is 30.0 Å². The minimum absolute atomic E-state index is 0.101. The van der Waals surface area contributed by atoms with E-state index >= 15 is 0 Å². The van der Waals surface area contributed by atoms with Gasteiger partial charge in [-0.05, 0) is 86.6 Å². The van der Waals surface area contributed by atoms with E-state index in [1.165, 1.54) is 59.2 Å². The third-order valence-electron chi connectivity index (χ3n) is 11.2. The van der Waals surface area contributed by atoms with E-state index in [0.29, 0.717) is 11.3 Å². The van der Waals surface area contributed by atoms with Gasteiger partial charge in [0.25, 0.3) is 11.8 Å². The van der Waals surface area contributed by atoms with Crippen LogP contribution in [0.4, 0.5) is 11.4 Å². The molecule has 16 heteroatoms. The summed E-state index contributed by atoms with van der Waals surface area (Å²) in [5.41, 5.74) is 1.51. The van der Waals surface area contributed by atoms with Crippen molar-refractivity contribution in [1.29, 1.82) is 0 Å². The normalized spacial score (nSPS) is 12.3. The van der Waals surface area contributed by atoms with E-state index in [0.717, 1.165) is 45.2 Å². The second kappa shape index (κ2) is 18.1. The number of hydrogen-bond acceptors (Lipinski definition) is 12. The molecular formula is C48H44N8O8. The molecule has 2 unspecified atom stereocenters. The maximum absolute atomic E-state index is 14.1. The SMILES string of the molecule is CCC(C)COC(=O)c1cc(NC(=O)c2ccc3ccc4cccc5ccc2c3c45)cc(-n2cc(C(=O)Nc3ccc(C(=O)OCC(C)CC)c(-n4cc(C(=O)OC)nn4)c3)nn2)c1. The summed E-state index contributed by atoms with van der Waals surface area (Å²) in [6, 6.07) is 27.0. The zero-order chi connectivity index (χ0) is 45.1. The molecule has 2 amide bonds. The van der Waals surface area contributed by atoms with Gasteiger partial charge in [-0.2, -0.15) is 0 Å². The molecule has 0 saturated heterocycles. The first-order chi connectivity index (χ1) is 30.9. The first-order valence-corrected chi connectivity index (χ1v) is 20.8. The van der Waals surface area contributed by atoms with E-state index in [-0.39, 0.29) is 64.6 Å². The fraction of sp³-hybridized carbons (Fsp3) is 0.229. The van der Waals surface area contributed by atoms with Crippen molar-refractivity contribution < 1.29 is 38.2 Å². The number of methoxy groups -OCH3 is 1. The number of amides is 2. The number of carbonyl (C=O) groups is 5. The van der Waals surface area contributed by atoms with Gasteiger partial charge in [-0.15, -0.1) is 10.2 Å². The fourth-order valence-electron chi connectivity index (χ4n) is 7.14. The molecule has 0 saturated carbocycles. The fourth-order valence-corrected chi connectivity index (χ4v) is 7.14. The number of ether oxygens (including phenoxy) is 3. The Kier molecular flexibility index (Phi) is 12.1. The lowest BCUT2D eigenvalue weighted by atomic mass is 9.92. The lowest BCUT2D eigenvalue weighted by molar-refractivity contribution is 0.0438. The Hall–Kier alpha value is -8.01. The summed E-state index contributed by atoms with van der Waals surface area (Å²) >= 11 is 0. The van der Waals surface area contributed by atoms with E-state index in [1.807, 2.05) is 70.2 Å². The number of nitrogens with one attached hydrogen (secondary N) is 2.